The predicted molar refractivity (Wildman–Crippen MR) is 76.1 cm³/mol. The van der Waals surface area contributed by atoms with E-state index < -0.39 is 0 Å². The first-order valence-corrected chi connectivity index (χ1v) is 6.74. The van der Waals surface area contributed by atoms with E-state index in [1.165, 1.54) is 16.8 Å². The van der Waals surface area contributed by atoms with Crippen molar-refractivity contribution in [2.45, 2.75) is 25.9 Å². The van der Waals surface area contributed by atoms with Crippen molar-refractivity contribution < 1.29 is 9.18 Å². The second-order valence-corrected chi connectivity index (χ2v) is 4.86. The molecule has 1 aromatic carbocycles. The molecule has 3 N–H and O–H groups in total. The Balaban J connectivity index is 1.90. The molecule has 1 aromatic heterocycles. The minimum absolute atomic E-state index is 0.0948. The van der Waals surface area contributed by atoms with Crippen LogP contribution in [0.1, 0.15) is 23.0 Å². The Morgan fingerprint density at radius 1 is 1.43 bits per heavy atom. The van der Waals surface area contributed by atoms with Gasteiger partial charge in [0, 0.05) is 12.6 Å². The van der Waals surface area contributed by atoms with Gasteiger partial charge in [0.15, 0.2) is 5.69 Å². The summed E-state index contributed by atoms with van der Waals surface area (Å²) in [5.41, 5.74) is 6.62. The van der Waals surface area contributed by atoms with Gasteiger partial charge in [-0.15, -0.1) is 5.10 Å². The topological polar surface area (TPSA) is 85.8 Å². The minimum atomic E-state index is -0.284. The number of amides is 1. The lowest BCUT2D eigenvalue weighted by molar-refractivity contribution is 0.0935. The summed E-state index contributed by atoms with van der Waals surface area (Å²) in [6, 6.07) is 6.12. The third-order valence-electron chi connectivity index (χ3n) is 2.96. The zero-order chi connectivity index (χ0) is 15.2. The Bertz CT molecular complexity index is 596. The molecule has 1 amide bonds. The Kier molecular flexibility index (Phi) is 4.99. The molecule has 21 heavy (non-hydrogen) atoms. The van der Waals surface area contributed by atoms with E-state index in [0.717, 1.165) is 5.56 Å². The third-order valence-corrected chi connectivity index (χ3v) is 2.96. The Hall–Kier alpha value is -2.28. The third kappa shape index (κ3) is 4.35. The smallest absolute Gasteiger partial charge is 0.273 e. The van der Waals surface area contributed by atoms with Crippen LogP contribution >= 0.6 is 0 Å². The van der Waals surface area contributed by atoms with E-state index in [-0.39, 0.29) is 23.5 Å². The highest BCUT2D eigenvalue weighted by Gasteiger charge is 2.13. The zero-order valence-corrected chi connectivity index (χ0v) is 11.8. The normalized spacial score (nSPS) is 12.1. The molecule has 0 aliphatic rings. The number of halogens is 1. The van der Waals surface area contributed by atoms with Crippen molar-refractivity contribution >= 4 is 5.91 Å². The standard InChI is InChI=1S/C14H18FN5O/c1-10(8-11-2-4-12(15)5-3-11)17-14(21)13-9-20(7-6-16)19-18-13/h2-5,9-10H,6-8,16H2,1H3,(H,17,21). The molecular formula is C14H18FN5O. The van der Waals surface area contributed by atoms with Gasteiger partial charge in [-0.1, -0.05) is 17.3 Å². The second-order valence-electron chi connectivity index (χ2n) is 4.86. The number of nitrogens with zero attached hydrogens (tertiary/aromatic N) is 3. The van der Waals surface area contributed by atoms with Gasteiger partial charge in [-0.3, -0.25) is 9.48 Å². The van der Waals surface area contributed by atoms with Gasteiger partial charge < -0.3 is 11.1 Å². The second kappa shape index (κ2) is 6.94. The van der Waals surface area contributed by atoms with Crippen LogP contribution in [0.25, 0.3) is 0 Å². The van der Waals surface area contributed by atoms with Gasteiger partial charge in [-0.2, -0.15) is 0 Å². The van der Waals surface area contributed by atoms with Crippen molar-refractivity contribution in [1.82, 2.24) is 20.3 Å². The molecule has 1 unspecified atom stereocenters. The first-order chi connectivity index (χ1) is 10.1. The summed E-state index contributed by atoms with van der Waals surface area (Å²) in [4.78, 5) is 12.0. The monoisotopic (exact) mass is 291 g/mol. The van der Waals surface area contributed by atoms with Crippen molar-refractivity contribution in [1.29, 1.82) is 0 Å². The van der Waals surface area contributed by atoms with Crippen LogP contribution in [0, 0.1) is 5.82 Å². The summed E-state index contributed by atoms with van der Waals surface area (Å²) >= 11 is 0. The van der Waals surface area contributed by atoms with E-state index >= 15 is 0 Å². The maximum atomic E-state index is 12.8. The van der Waals surface area contributed by atoms with Crippen molar-refractivity contribution in [3.8, 4) is 0 Å². The molecule has 0 radical (unpaired) electrons. The highest BCUT2D eigenvalue weighted by Crippen LogP contribution is 2.06. The molecule has 0 saturated carbocycles. The predicted octanol–water partition coefficient (Wildman–Crippen LogP) is 0.737. The first kappa shape index (κ1) is 15.1. The molecule has 2 rings (SSSR count). The molecule has 6 nitrogen and oxygen atoms in total. The van der Waals surface area contributed by atoms with Gasteiger partial charge >= 0.3 is 0 Å². The van der Waals surface area contributed by atoms with Crippen LogP contribution in [0.15, 0.2) is 30.5 Å². The molecule has 0 aliphatic heterocycles. The molecule has 0 fully saturated rings. The maximum Gasteiger partial charge on any atom is 0.273 e. The quantitative estimate of drug-likeness (QED) is 0.822. The lowest BCUT2D eigenvalue weighted by atomic mass is 10.1. The zero-order valence-electron chi connectivity index (χ0n) is 11.8. The van der Waals surface area contributed by atoms with Crippen LogP contribution < -0.4 is 11.1 Å². The van der Waals surface area contributed by atoms with Crippen LogP contribution in [0.3, 0.4) is 0 Å². The fraction of sp³-hybridized carbons (Fsp3) is 0.357. The fourth-order valence-corrected chi connectivity index (χ4v) is 1.97. The van der Waals surface area contributed by atoms with Crippen molar-refractivity contribution in [2.75, 3.05) is 6.54 Å². The largest absolute Gasteiger partial charge is 0.348 e. The van der Waals surface area contributed by atoms with Gasteiger partial charge in [0.25, 0.3) is 5.91 Å². The van der Waals surface area contributed by atoms with Crippen LogP contribution in [-0.2, 0) is 13.0 Å². The summed E-state index contributed by atoms with van der Waals surface area (Å²) in [6.07, 6.45) is 2.18. The molecule has 0 aliphatic carbocycles. The van der Waals surface area contributed by atoms with Crippen LogP contribution in [0.2, 0.25) is 0 Å². The number of hydrogen-bond donors (Lipinski definition) is 2. The number of aromatic nitrogens is 3. The minimum Gasteiger partial charge on any atom is -0.348 e. The van der Waals surface area contributed by atoms with E-state index in [4.69, 9.17) is 5.73 Å². The molecule has 112 valence electrons. The van der Waals surface area contributed by atoms with E-state index in [0.29, 0.717) is 19.5 Å². The van der Waals surface area contributed by atoms with E-state index in [9.17, 15) is 9.18 Å². The van der Waals surface area contributed by atoms with E-state index in [1.54, 1.807) is 18.3 Å². The van der Waals surface area contributed by atoms with Crippen molar-refractivity contribution in [3.63, 3.8) is 0 Å². The lowest BCUT2D eigenvalue weighted by Crippen LogP contribution is -2.34. The number of carbonyl (C=O) groups excluding carboxylic acids is 1. The average Bonchev–Trinajstić information content (AvgIpc) is 2.90. The van der Waals surface area contributed by atoms with Gasteiger partial charge in [0.05, 0.1) is 12.7 Å². The number of nitrogens with one attached hydrogen (secondary N) is 1. The Morgan fingerprint density at radius 3 is 2.81 bits per heavy atom. The molecule has 0 spiro atoms. The SMILES string of the molecule is CC(Cc1ccc(F)cc1)NC(=O)c1cn(CCN)nn1. The molecular weight excluding hydrogens is 273 g/mol. The average molecular weight is 291 g/mol. The van der Waals surface area contributed by atoms with Gasteiger partial charge in [-0.25, -0.2) is 4.39 Å². The fourth-order valence-electron chi connectivity index (χ4n) is 1.97. The molecule has 2 aromatic rings. The number of hydrogen-bond acceptors (Lipinski definition) is 4. The number of carbonyl (C=O) groups is 1. The highest BCUT2D eigenvalue weighted by molar-refractivity contribution is 5.92. The molecule has 0 saturated heterocycles. The van der Waals surface area contributed by atoms with Crippen LogP contribution in [0.5, 0.6) is 0 Å². The Labute approximate surface area is 122 Å². The van der Waals surface area contributed by atoms with Gasteiger partial charge in [-0.05, 0) is 31.0 Å². The van der Waals surface area contributed by atoms with Gasteiger partial charge in [0.1, 0.15) is 5.82 Å². The summed E-state index contributed by atoms with van der Waals surface area (Å²) in [5.74, 6) is -0.556. The molecule has 1 heterocycles. The number of nitrogens with two attached hydrogens (primary N) is 1. The maximum absolute atomic E-state index is 12.8. The van der Waals surface area contributed by atoms with Crippen molar-refractivity contribution in [3.05, 3.63) is 47.5 Å². The van der Waals surface area contributed by atoms with E-state index in [2.05, 4.69) is 15.6 Å². The number of benzene rings is 1. The van der Waals surface area contributed by atoms with Gasteiger partial charge in [0.2, 0.25) is 0 Å². The summed E-state index contributed by atoms with van der Waals surface area (Å²) in [5, 5.41) is 10.4. The van der Waals surface area contributed by atoms with Crippen LogP contribution in [-0.4, -0.2) is 33.5 Å². The summed E-state index contributed by atoms with van der Waals surface area (Å²) in [6.45, 7) is 2.84. The highest BCUT2D eigenvalue weighted by atomic mass is 19.1. The van der Waals surface area contributed by atoms with E-state index in [1.807, 2.05) is 6.92 Å². The molecule has 1 atom stereocenters. The Morgan fingerprint density at radius 2 is 2.14 bits per heavy atom. The molecule has 7 heteroatoms. The van der Waals surface area contributed by atoms with Crippen LogP contribution in [0.4, 0.5) is 4.39 Å². The number of rotatable bonds is 6. The summed E-state index contributed by atoms with van der Waals surface area (Å²) in [7, 11) is 0. The summed E-state index contributed by atoms with van der Waals surface area (Å²) < 4.78 is 14.4. The molecule has 0 bridgehead atoms. The lowest BCUT2D eigenvalue weighted by Gasteiger charge is -2.12. The first-order valence-electron chi connectivity index (χ1n) is 6.74. The van der Waals surface area contributed by atoms with Crippen molar-refractivity contribution in [2.24, 2.45) is 5.73 Å².